The van der Waals surface area contributed by atoms with Crippen molar-refractivity contribution in [2.75, 3.05) is 0 Å². The highest BCUT2D eigenvalue weighted by Gasteiger charge is 2.43. The molecule has 0 bridgehead atoms. The average molecular weight is 504 g/mol. The largest absolute Gasteiger partial charge is 0.422 e. The lowest BCUT2D eigenvalue weighted by molar-refractivity contribution is -0.137. The Hall–Kier alpha value is -3.07. The number of hydrogen-bond acceptors (Lipinski definition) is 2. The Morgan fingerprint density at radius 2 is 1.00 bits per heavy atom. The van der Waals surface area contributed by atoms with Crippen molar-refractivity contribution in [3.8, 4) is 0 Å². The van der Waals surface area contributed by atoms with Gasteiger partial charge in [-0.2, -0.15) is 13.2 Å². The van der Waals surface area contributed by atoms with Crippen molar-refractivity contribution in [2.45, 2.75) is 32.7 Å². The van der Waals surface area contributed by atoms with Gasteiger partial charge in [0.15, 0.2) is 0 Å². The molecule has 0 fully saturated rings. The second kappa shape index (κ2) is 9.29. The topological polar surface area (TPSA) is 46.9 Å². The van der Waals surface area contributed by atoms with E-state index < -0.39 is 32.2 Å². The molecule has 4 rings (SSSR count). The predicted molar refractivity (Wildman–Crippen MR) is 128 cm³/mol. The van der Waals surface area contributed by atoms with Crippen LogP contribution in [0.15, 0.2) is 129 Å². The molecule has 0 saturated carbocycles. The summed E-state index contributed by atoms with van der Waals surface area (Å²) in [5, 5.41) is 0. The predicted octanol–water partition coefficient (Wildman–Crippen LogP) is 7.69. The van der Waals surface area contributed by atoms with Gasteiger partial charge >= 0.3 is 16.3 Å². The summed E-state index contributed by atoms with van der Waals surface area (Å²) in [4.78, 5) is 1.79. The summed E-state index contributed by atoms with van der Waals surface area (Å²) < 4.78 is 70.7. The zero-order valence-corrected chi connectivity index (χ0v) is 19.7. The molecular weight excluding hydrogens is 481 g/mol. The number of alkyl halides is 3. The third kappa shape index (κ3) is 4.75. The quantitative estimate of drug-likeness (QED) is 0.200. The van der Waals surface area contributed by atoms with E-state index in [0.717, 1.165) is 29.8 Å². The minimum Gasteiger partial charge on any atom is -0.258 e. The molecule has 0 aromatic heterocycles. The van der Waals surface area contributed by atoms with Crippen LogP contribution in [-0.2, 0) is 16.3 Å². The van der Waals surface area contributed by atoms with Gasteiger partial charge in [0.1, 0.15) is 4.90 Å². The Morgan fingerprint density at radius 3 is 1.44 bits per heavy atom. The molecule has 0 aliphatic rings. The maximum Gasteiger partial charge on any atom is 0.422 e. The van der Waals surface area contributed by atoms with Crippen molar-refractivity contribution in [3.63, 3.8) is 0 Å². The molecule has 176 valence electrons. The lowest BCUT2D eigenvalue weighted by atomic mass is 10.2. The van der Waals surface area contributed by atoms with Crippen LogP contribution in [-0.4, -0.2) is 12.0 Å². The van der Waals surface area contributed by atoms with Crippen molar-refractivity contribution >= 4 is 20.4 Å². The van der Waals surface area contributed by atoms with E-state index >= 15 is 0 Å². The van der Waals surface area contributed by atoms with Gasteiger partial charge in [-0.15, -0.1) is 8.42 Å². The molecule has 4 aromatic carbocycles. The van der Waals surface area contributed by atoms with E-state index in [1.807, 2.05) is 91.9 Å². The molecule has 0 unspecified atom stereocenters. The summed E-state index contributed by atoms with van der Waals surface area (Å²) in [7, 11) is -7.02. The highest BCUT2D eigenvalue weighted by atomic mass is 32.3. The van der Waals surface area contributed by atoms with Crippen molar-refractivity contribution in [2.24, 2.45) is 0 Å². The van der Waals surface area contributed by atoms with Crippen LogP contribution < -0.4 is 0 Å². The molecule has 0 heterocycles. The van der Waals surface area contributed by atoms with Gasteiger partial charge in [0.2, 0.25) is 0 Å². The Bertz CT molecular complexity index is 1310. The summed E-state index contributed by atoms with van der Waals surface area (Å²) in [6.07, 6.45) is -4.57. The SMILES string of the molecule is Cc1ccc(S([OH+]S(=O)(=O)c2ccc(C(F)(F)F)cc2)(c2ccccc2)c2ccccc2)cc1. The maximum absolute atomic E-state index is 13.6. The molecule has 0 aliphatic heterocycles. The zero-order valence-electron chi connectivity index (χ0n) is 18.1. The summed E-state index contributed by atoms with van der Waals surface area (Å²) in [5.41, 5.74) is 0.0819. The number of aryl methyl sites for hydroxylation is 1. The van der Waals surface area contributed by atoms with Crippen molar-refractivity contribution in [1.29, 1.82) is 0 Å². The van der Waals surface area contributed by atoms with Gasteiger partial charge in [-0.3, -0.25) is 3.63 Å². The third-order valence-electron chi connectivity index (χ3n) is 5.22. The number of halogens is 3. The fourth-order valence-electron chi connectivity index (χ4n) is 3.51. The molecule has 3 nitrogen and oxygen atoms in total. The lowest BCUT2D eigenvalue weighted by Gasteiger charge is -2.34. The Labute approximate surface area is 198 Å². The average Bonchev–Trinajstić information content (AvgIpc) is 2.84. The summed E-state index contributed by atoms with van der Waals surface area (Å²) in [5.74, 6) is 0. The monoisotopic (exact) mass is 503 g/mol. The first-order valence-electron chi connectivity index (χ1n) is 10.3. The normalized spacial score (nSPS) is 12.9. The standard InChI is InChI=1S/C26H21F3O3S2/c1-20-12-16-24(17-13-20)33(22-8-4-2-5-9-22,23-10-6-3-7-11-23)32-34(30,31)25-18-14-21(15-19-25)26(27,28)29/h2-19H,1H3/p+1. The first-order valence-corrected chi connectivity index (χ1v) is 13.3. The summed E-state index contributed by atoms with van der Waals surface area (Å²) in [6.45, 7) is 1.93. The molecule has 0 radical (unpaired) electrons. The molecule has 0 aliphatic carbocycles. The molecular formula is C26H22F3O3S2+. The number of benzene rings is 4. The first-order chi connectivity index (χ1) is 16.1. The molecule has 0 amide bonds. The van der Waals surface area contributed by atoms with Crippen LogP contribution in [0, 0.1) is 6.92 Å². The summed E-state index contributed by atoms with van der Waals surface area (Å²) >= 11 is 0. The minimum absolute atomic E-state index is 0.295. The maximum atomic E-state index is 13.6. The fraction of sp³-hybridized carbons (Fsp3) is 0.0769. The fourth-order valence-corrected chi connectivity index (χ4v) is 9.00. The van der Waals surface area contributed by atoms with E-state index in [9.17, 15) is 21.6 Å². The summed E-state index contributed by atoms with van der Waals surface area (Å²) in [6, 6.07) is 29.2. The molecule has 4 aromatic rings. The van der Waals surface area contributed by atoms with Gasteiger partial charge < -0.3 is 0 Å². The molecule has 0 atom stereocenters. The second-order valence-corrected chi connectivity index (χ2v) is 12.2. The number of hydrogen-bond donors (Lipinski definition) is 0. The second-order valence-electron chi connectivity index (χ2n) is 7.59. The number of rotatable bonds is 6. The smallest absolute Gasteiger partial charge is 0.258 e. The van der Waals surface area contributed by atoms with Crippen LogP contribution in [0.25, 0.3) is 0 Å². The van der Waals surface area contributed by atoms with Crippen LogP contribution >= 0.6 is 10.3 Å². The van der Waals surface area contributed by atoms with Crippen molar-refractivity contribution in [3.05, 3.63) is 120 Å². The minimum atomic E-state index is -4.57. The van der Waals surface area contributed by atoms with Crippen LogP contribution in [0.2, 0.25) is 0 Å². The van der Waals surface area contributed by atoms with E-state index in [1.54, 1.807) is 0 Å². The molecule has 8 heteroatoms. The van der Waals surface area contributed by atoms with Gasteiger partial charge in [0, 0.05) is 0 Å². The first kappa shape index (κ1) is 24.1. The lowest BCUT2D eigenvalue weighted by Crippen LogP contribution is -2.19. The third-order valence-corrected chi connectivity index (χ3v) is 10.6. The molecule has 34 heavy (non-hydrogen) atoms. The highest BCUT2D eigenvalue weighted by Crippen LogP contribution is 2.68. The van der Waals surface area contributed by atoms with Gasteiger partial charge in [-0.25, -0.2) is 0 Å². The van der Waals surface area contributed by atoms with Gasteiger partial charge in [0.05, 0.1) is 30.6 Å². The van der Waals surface area contributed by atoms with Crippen LogP contribution in [0.5, 0.6) is 0 Å². The van der Waals surface area contributed by atoms with E-state index in [2.05, 4.69) is 3.63 Å². The van der Waals surface area contributed by atoms with Gasteiger partial charge in [0.25, 0.3) is 0 Å². The van der Waals surface area contributed by atoms with E-state index in [-0.39, 0.29) is 4.90 Å². The zero-order chi connectivity index (χ0) is 24.4. The van der Waals surface area contributed by atoms with Crippen molar-refractivity contribution in [1.82, 2.24) is 0 Å². The van der Waals surface area contributed by atoms with Gasteiger partial charge in [-0.1, -0.05) is 54.1 Å². The molecule has 1 N–H and O–H groups in total. The Kier molecular flexibility index (Phi) is 6.58. The van der Waals surface area contributed by atoms with E-state index in [4.69, 9.17) is 0 Å². The molecule has 0 saturated heterocycles. The van der Waals surface area contributed by atoms with Crippen LogP contribution in [0.4, 0.5) is 13.2 Å². The van der Waals surface area contributed by atoms with E-state index in [1.165, 1.54) is 0 Å². The Balaban J connectivity index is 1.93. The highest BCUT2D eigenvalue weighted by molar-refractivity contribution is 8.32. The van der Waals surface area contributed by atoms with Crippen molar-refractivity contribution < 1.29 is 25.2 Å². The molecule has 0 spiro atoms. The van der Waals surface area contributed by atoms with Crippen LogP contribution in [0.3, 0.4) is 0 Å². The van der Waals surface area contributed by atoms with E-state index in [0.29, 0.717) is 14.7 Å². The van der Waals surface area contributed by atoms with Crippen LogP contribution in [0.1, 0.15) is 11.1 Å². The van der Waals surface area contributed by atoms with Gasteiger partial charge in [-0.05, 0) is 67.6 Å². The Morgan fingerprint density at radius 1 is 0.588 bits per heavy atom.